The average Bonchev–Trinajstić information content (AvgIpc) is 3.11. The van der Waals surface area contributed by atoms with E-state index >= 15 is 0 Å². The van der Waals surface area contributed by atoms with Gasteiger partial charge in [-0.2, -0.15) is 0 Å². The molecule has 0 atom stereocenters. The number of benzene rings is 2. The fraction of sp³-hybridized carbons (Fsp3) is 0.211. The van der Waals surface area contributed by atoms with Gasteiger partial charge in [0.25, 0.3) is 0 Å². The van der Waals surface area contributed by atoms with E-state index in [4.69, 9.17) is 23.2 Å². The summed E-state index contributed by atoms with van der Waals surface area (Å²) in [7, 11) is 1.76. The lowest BCUT2D eigenvalue weighted by molar-refractivity contribution is -0.127. The van der Waals surface area contributed by atoms with Crippen LogP contribution in [-0.2, 0) is 11.3 Å². The van der Waals surface area contributed by atoms with Gasteiger partial charge in [-0.1, -0.05) is 59.2 Å². The van der Waals surface area contributed by atoms with Gasteiger partial charge in [0.2, 0.25) is 5.91 Å². The lowest BCUT2D eigenvalue weighted by Gasteiger charge is -2.17. The molecule has 27 heavy (non-hydrogen) atoms. The van der Waals surface area contributed by atoms with Crippen LogP contribution in [0.5, 0.6) is 0 Å². The Kier molecular flexibility index (Phi) is 6.42. The first-order valence-corrected chi connectivity index (χ1v) is 9.96. The van der Waals surface area contributed by atoms with Crippen molar-refractivity contribution in [1.82, 2.24) is 19.7 Å². The molecule has 0 aliphatic carbocycles. The molecule has 0 radical (unpaired) electrons. The Balaban J connectivity index is 1.63. The molecule has 0 N–H and O–H groups in total. The highest BCUT2D eigenvalue weighted by atomic mass is 35.5. The maximum Gasteiger partial charge on any atom is 0.233 e. The zero-order valence-electron chi connectivity index (χ0n) is 14.9. The molecule has 0 saturated carbocycles. The molecule has 0 fully saturated rings. The fourth-order valence-electron chi connectivity index (χ4n) is 2.56. The van der Waals surface area contributed by atoms with Crippen molar-refractivity contribution in [2.45, 2.75) is 18.6 Å². The SMILES string of the molecule is Cc1ccccc1-n1cnnc1SCC(=O)N(C)Cc1ccc(Cl)c(Cl)c1. The number of amides is 1. The van der Waals surface area contributed by atoms with Gasteiger partial charge in [0.05, 0.1) is 21.5 Å². The van der Waals surface area contributed by atoms with Crippen LogP contribution < -0.4 is 0 Å². The standard InChI is InChI=1S/C19H18Cl2N4OS/c1-13-5-3-4-6-17(13)25-12-22-23-19(25)27-11-18(26)24(2)10-14-7-8-15(20)16(21)9-14/h3-9,12H,10-11H2,1-2H3. The van der Waals surface area contributed by atoms with E-state index in [1.54, 1.807) is 30.4 Å². The third-order valence-electron chi connectivity index (χ3n) is 4.05. The van der Waals surface area contributed by atoms with Crippen LogP contribution in [0.25, 0.3) is 5.69 Å². The summed E-state index contributed by atoms with van der Waals surface area (Å²) >= 11 is 13.3. The molecule has 3 aromatic rings. The Morgan fingerprint density at radius 1 is 1.19 bits per heavy atom. The van der Waals surface area contributed by atoms with Crippen molar-refractivity contribution in [1.29, 1.82) is 0 Å². The van der Waals surface area contributed by atoms with Crippen LogP contribution in [0.1, 0.15) is 11.1 Å². The summed E-state index contributed by atoms with van der Waals surface area (Å²) in [6.45, 7) is 2.49. The number of aryl methyl sites for hydroxylation is 1. The lowest BCUT2D eigenvalue weighted by Crippen LogP contribution is -2.27. The Morgan fingerprint density at radius 2 is 1.96 bits per heavy atom. The number of para-hydroxylation sites is 1. The van der Waals surface area contributed by atoms with Crippen molar-refractivity contribution >= 4 is 40.9 Å². The summed E-state index contributed by atoms with van der Waals surface area (Å²) in [5.41, 5.74) is 3.04. The van der Waals surface area contributed by atoms with Gasteiger partial charge in [-0.3, -0.25) is 9.36 Å². The van der Waals surface area contributed by atoms with Crippen molar-refractivity contribution in [2.75, 3.05) is 12.8 Å². The third-order valence-corrected chi connectivity index (χ3v) is 5.71. The number of carbonyl (C=O) groups excluding carboxylic acids is 1. The van der Waals surface area contributed by atoms with E-state index in [1.165, 1.54) is 11.8 Å². The highest BCUT2D eigenvalue weighted by molar-refractivity contribution is 7.99. The summed E-state index contributed by atoms with van der Waals surface area (Å²) in [5.74, 6) is 0.257. The Hall–Kier alpha value is -2.02. The van der Waals surface area contributed by atoms with Crippen LogP contribution in [0, 0.1) is 6.92 Å². The molecule has 8 heteroatoms. The first-order chi connectivity index (χ1) is 13.0. The molecule has 0 saturated heterocycles. The Bertz CT molecular complexity index is 960. The summed E-state index contributed by atoms with van der Waals surface area (Å²) < 4.78 is 1.90. The van der Waals surface area contributed by atoms with Gasteiger partial charge in [0.15, 0.2) is 5.16 Å². The number of nitrogens with zero attached hydrogens (tertiary/aromatic N) is 4. The fourth-order valence-corrected chi connectivity index (χ4v) is 3.74. The smallest absolute Gasteiger partial charge is 0.233 e. The number of hydrogen-bond donors (Lipinski definition) is 0. The molecule has 1 amide bonds. The summed E-state index contributed by atoms with van der Waals surface area (Å²) in [6, 6.07) is 13.3. The predicted octanol–water partition coefficient (Wildman–Crippen LogP) is 4.63. The second-order valence-corrected chi connectivity index (χ2v) is 7.81. The van der Waals surface area contributed by atoms with E-state index in [0.717, 1.165) is 16.8 Å². The second kappa shape index (κ2) is 8.78. The molecule has 1 aromatic heterocycles. The number of carbonyl (C=O) groups is 1. The third kappa shape index (κ3) is 4.83. The summed E-state index contributed by atoms with van der Waals surface area (Å²) in [6.07, 6.45) is 1.66. The monoisotopic (exact) mass is 420 g/mol. The average molecular weight is 421 g/mol. The van der Waals surface area contributed by atoms with Gasteiger partial charge < -0.3 is 4.90 Å². The maximum absolute atomic E-state index is 12.5. The zero-order valence-corrected chi connectivity index (χ0v) is 17.2. The molecule has 0 unspecified atom stereocenters. The van der Waals surface area contributed by atoms with E-state index < -0.39 is 0 Å². The molecule has 1 heterocycles. The van der Waals surface area contributed by atoms with Crippen molar-refractivity contribution in [3.8, 4) is 5.69 Å². The summed E-state index contributed by atoms with van der Waals surface area (Å²) in [4.78, 5) is 14.2. The Morgan fingerprint density at radius 3 is 2.70 bits per heavy atom. The molecule has 0 aliphatic rings. The quantitative estimate of drug-likeness (QED) is 0.545. The van der Waals surface area contributed by atoms with Gasteiger partial charge in [-0.05, 0) is 36.2 Å². The molecule has 0 aliphatic heterocycles. The number of rotatable bonds is 6. The van der Waals surface area contributed by atoms with Crippen molar-refractivity contribution in [3.63, 3.8) is 0 Å². The number of aromatic nitrogens is 3. The highest BCUT2D eigenvalue weighted by Gasteiger charge is 2.14. The van der Waals surface area contributed by atoms with Gasteiger partial charge in [-0.25, -0.2) is 0 Å². The van der Waals surface area contributed by atoms with E-state index in [-0.39, 0.29) is 11.7 Å². The van der Waals surface area contributed by atoms with Crippen LogP contribution in [0.3, 0.4) is 0 Å². The minimum absolute atomic E-state index is 0.00888. The van der Waals surface area contributed by atoms with E-state index in [9.17, 15) is 4.79 Å². The molecule has 3 rings (SSSR count). The normalized spacial score (nSPS) is 10.8. The summed E-state index contributed by atoms with van der Waals surface area (Å²) in [5, 5.41) is 9.80. The first kappa shape index (κ1) is 19.7. The van der Waals surface area contributed by atoms with Crippen molar-refractivity contribution in [3.05, 3.63) is 70.0 Å². The predicted molar refractivity (Wildman–Crippen MR) is 110 cm³/mol. The maximum atomic E-state index is 12.5. The Labute approximate surface area is 172 Å². The van der Waals surface area contributed by atoms with E-state index in [0.29, 0.717) is 21.7 Å². The van der Waals surface area contributed by atoms with Gasteiger partial charge in [0.1, 0.15) is 6.33 Å². The van der Waals surface area contributed by atoms with Crippen LogP contribution in [0.15, 0.2) is 53.9 Å². The molecular formula is C19H18Cl2N4OS. The lowest BCUT2D eigenvalue weighted by atomic mass is 10.2. The van der Waals surface area contributed by atoms with Crippen LogP contribution >= 0.6 is 35.0 Å². The van der Waals surface area contributed by atoms with Gasteiger partial charge in [0, 0.05) is 13.6 Å². The van der Waals surface area contributed by atoms with Gasteiger partial charge in [-0.15, -0.1) is 10.2 Å². The number of halogens is 2. The van der Waals surface area contributed by atoms with E-state index in [1.807, 2.05) is 41.8 Å². The number of hydrogen-bond acceptors (Lipinski definition) is 4. The van der Waals surface area contributed by atoms with Crippen LogP contribution in [-0.4, -0.2) is 38.4 Å². The minimum Gasteiger partial charge on any atom is -0.341 e. The molecule has 5 nitrogen and oxygen atoms in total. The van der Waals surface area contributed by atoms with Crippen LogP contribution in [0.4, 0.5) is 0 Å². The molecule has 140 valence electrons. The second-order valence-electron chi connectivity index (χ2n) is 6.06. The molecule has 2 aromatic carbocycles. The minimum atomic E-state index is -0.00888. The van der Waals surface area contributed by atoms with Gasteiger partial charge >= 0.3 is 0 Å². The molecular weight excluding hydrogens is 403 g/mol. The number of thioether (sulfide) groups is 1. The topological polar surface area (TPSA) is 51.0 Å². The van der Waals surface area contributed by atoms with Crippen molar-refractivity contribution < 1.29 is 4.79 Å². The largest absolute Gasteiger partial charge is 0.341 e. The molecule has 0 bridgehead atoms. The molecule has 0 spiro atoms. The first-order valence-electron chi connectivity index (χ1n) is 8.22. The van der Waals surface area contributed by atoms with Crippen LogP contribution in [0.2, 0.25) is 10.0 Å². The van der Waals surface area contributed by atoms with E-state index in [2.05, 4.69) is 10.2 Å². The highest BCUT2D eigenvalue weighted by Crippen LogP contribution is 2.24. The zero-order chi connectivity index (χ0) is 19.4. The van der Waals surface area contributed by atoms with Crippen molar-refractivity contribution in [2.24, 2.45) is 0 Å².